The standard InChI is InChI=1S/C19H18FN3O2/c20-14-6-4-13(5-7-14)17-10-16(24)12-23(17)19(25)9-15-11-22-8-2-1-3-18(22)21-15/h1-8,11,16-17,24H,9-10,12H2/t16-,17+/m0/s1. The van der Waals surface area contributed by atoms with Crippen molar-refractivity contribution in [2.24, 2.45) is 0 Å². The topological polar surface area (TPSA) is 57.8 Å². The smallest absolute Gasteiger partial charge is 0.229 e. The van der Waals surface area contributed by atoms with Gasteiger partial charge in [-0.1, -0.05) is 18.2 Å². The van der Waals surface area contributed by atoms with Crippen molar-refractivity contribution in [2.45, 2.75) is 25.0 Å². The normalized spacial score (nSPS) is 20.3. The van der Waals surface area contributed by atoms with Crippen LogP contribution >= 0.6 is 0 Å². The highest BCUT2D eigenvalue weighted by Crippen LogP contribution is 2.32. The van der Waals surface area contributed by atoms with Gasteiger partial charge in [-0.2, -0.15) is 0 Å². The van der Waals surface area contributed by atoms with E-state index in [0.717, 1.165) is 11.2 Å². The van der Waals surface area contributed by atoms with Gasteiger partial charge in [0.05, 0.1) is 24.3 Å². The lowest BCUT2D eigenvalue weighted by Gasteiger charge is -2.24. The van der Waals surface area contributed by atoms with E-state index in [0.29, 0.717) is 12.1 Å². The Balaban J connectivity index is 1.55. The first kappa shape index (κ1) is 15.8. The van der Waals surface area contributed by atoms with E-state index >= 15 is 0 Å². The van der Waals surface area contributed by atoms with E-state index in [1.165, 1.54) is 12.1 Å². The van der Waals surface area contributed by atoms with Crippen molar-refractivity contribution >= 4 is 11.6 Å². The van der Waals surface area contributed by atoms with Gasteiger partial charge < -0.3 is 14.4 Å². The van der Waals surface area contributed by atoms with Gasteiger partial charge in [0.15, 0.2) is 0 Å². The Labute approximate surface area is 144 Å². The predicted octanol–water partition coefficient (Wildman–Crippen LogP) is 2.35. The third kappa shape index (κ3) is 3.13. The Bertz CT molecular complexity index is 873. The zero-order valence-electron chi connectivity index (χ0n) is 13.5. The molecule has 1 N–H and O–H groups in total. The van der Waals surface area contributed by atoms with Gasteiger partial charge in [0, 0.05) is 18.9 Å². The molecule has 0 radical (unpaired) electrons. The molecule has 1 aliphatic rings. The fraction of sp³-hybridized carbons (Fsp3) is 0.263. The number of imidazole rings is 1. The van der Waals surface area contributed by atoms with Crippen LogP contribution in [0, 0.1) is 5.82 Å². The monoisotopic (exact) mass is 339 g/mol. The van der Waals surface area contributed by atoms with Gasteiger partial charge in [-0.15, -0.1) is 0 Å². The molecule has 3 heterocycles. The average Bonchev–Trinajstić information content (AvgIpc) is 3.18. The van der Waals surface area contributed by atoms with Crippen LogP contribution in [0.5, 0.6) is 0 Å². The molecule has 0 bridgehead atoms. The van der Waals surface area contributed by atoms with E-state index in [4.69, 9.17) is 0 Å². The maximum absolute atomic E-state index is 13.2. The summed E-state index contributed by atoms with van der Waals surface area (Å²) in [5.41, 5.74) is 2.32. The van der Waals surface area contributed by atoms with Crippen LogP contribution in [0.15, 0.2) is 54.9 Å². The van der Waals surface area contributed by atoms with Crippen molar-refractivity contribution in [1.82, 2.24) is 14.3 Å². The van der Waals surface area contributed by atoms with Crippen molar-refractivity contribution in [2.75, 3.05) is 6.54 Å². The maximum atomic E-state index is 13.2. The highest BCUT2D eigenvalue weighted by molar-refractivity contribution is 5.79. The third-order valence-electron chi connectivity index (χ3n) is 4.60. The van der Waals surface area contributed by atoms with Crippen LogP contribution in [0.3, 0.4) is 0 Å². The molecule has 1 amide bonds. The van der Waals surface area contributed by atoms with E-state index in [2.05, 4.69) is 4.98 Å². The van der Waals surface area contributed by atoms with Crippen molar-refractivity contribution in [3.63, 3.8) is 0 Å². The van der Waals surface area contributed by atoms with Gasteiger partial charge in [0.1, 0.15) is 11.5 Å². The van der Waals surface area contributed by atoms with Gasteiger partial charge in [0.2, 0.25) is 5.91 Å². The minimum Gasteiger partial charge on any atom is -0.391 e. The molecule has 5 nitrogen and oxygen atoms in total. The molecule has 0 saturated carbocycles. The number of aromatic nitrogens is 2. The highest BCUT2D eigenvalue weighted by atomic mass is 19.1. The molecule has 1 saturated heterocycles. The first-order chi connectivity index (χ1) is 12.1. The minimum atomic E-state index is -0.569. The van der Waals surface area contributed by atoms with Gasteiger partial charge in [-0.25, -0.2) is 9.37 Å². The maximum Gasteiger partial charge on any atom is 0.229 e. The number of benzene rings is 1. The molecule has 0 unspecified atom stereocenters. The van der Waals surface area contributed by atoms with Crippen molar-refractivity contribution < 1.29 is 14.3 Å². The van der Waals surface area contributed by atoms with Crippen molar-refractivity contribution in [1.29, 1.82) is 0 Å². The molecule has 0 aliphatic carbocycles. The number of aliphatic hydroxyl groups is 1. The van der Waals surface area contributed by atoms with Crippen LogP contribution in [0.25, 0.3) is 5.65 Å². The largest absolute Gasteiger partial charge is 0.391 e. The zero-order chi connectivity index (χ0) is 17.4. The first-order valence-electron chi connectivity index (χ1n) is 8.26. The Kier molecular flexibility index (Phi) is 3.97. The van der Waals surface area contributed by atoms with Crippen LogP contribution in [-0.4, -0.2) is 37.9 Å². The summed E-state index contributed by atoms with van der Waals surface area (Å²) in [6.45, 7) is 0.286. The number of β-amino-alcohol motifs (C(OH)–C–C–N with tert-alkyl or cyclic N) is 1. The minimum absolute atomic E-state index is 0.0886. The summed E-state index contributed by atoms with van der Waals surface area (Å²) in [6.07, 6.45) is 3.79. The van der Waals surface area contributed by atoms with Crippen LogP contribution < -0.4 is 0 Å². The van der Waals surface area contributed by atoms with Gasteiger partial charge >= 0.3 is 0 Å². The van der Waals surface area contributed by atoms with Gasteiger partial charge in [-0.05, 0) is 36.2 Å². The van der Waals surface area contributed by atoms with E-state index in [-0.39, 0.29) is 30.7 Å². The quantitative estimate of drug-likeness (QED) is 0.797. The summed E-state index contributed by atoms with van der Waals surface area (Å²) in [7, 11) is 0. The SMILES string of the molecule is O=C(Cc1cn2ccccc2n1)N1C[C@@H](O)C[C@@H]1c1ccc(F)cc1. The van der Waals surface area contributed by atoms with Crippen molar-refractivity contribution in [3.05, 3.63) is 71.9 Å². The van der Waals surface area contributed by atoms with Crippen molar-refractivity contribution in [3.8, 4) is 0 Å². The number of hydrogen-bond acceptors (Lipinski definition) is 3. The zero-order valence-corrected chi connectivity index (χ0v) is 13.5. The fourth-order valence-corrected chi connectivity index (χ4v) is 3.42. The number of likely N-dealkylation sites (tertiary alicyclic amines) is 1. The number of halogens is 1. The van der Waals surface area contributed by atoms with E-state index in [1.54, 1.807) is 17.0 Å². The number of fused-ring (bicyclic) bond motifs is 1. The lowest BCUT2D eigenvalue weighted by atomic mass is 10.0. The molecular weight excluding hydrogens is 321 g/mol. The summed E-state index contributed by atoms with van der Waals surface area (Å²) < 4.78 is 15.0. The third-order valence-corrected chi connectivity index (χ3v) is 4.60. The Hall–Kier alpha value is -2.73. The fourth-order valence-electron chi connectivity index (χ4n) is 3.42. The second-order valence-corrected chi connectivity index (χ2v) is 6.38. The summed E-state index contributed by atoms with van der Waals surface area (Å²) >= 11 is 0. The summed E-state index contributed by atoms with van der Waals surface area (Å²) in [4.78, 5) is 18.9. The number of pyridine rings is 1. The molecule has 4 rings (SSSR count). The van der Waals surface area contributed by atoms with Crippen LogP contribution in [0.1, 0.15) is 23.7 Å². The van der Waals surface area contributed by atoms with Gasteiger partial charge in [0.25, 0.3) is 0 Å². The molecule has 6 heteroatoms. The summed E-state index contributed by atoms with van der Waals surface area (Å²) in [5, 5.41) is 10.0. The van der Waals surface area contributed by atoms with Crippen LogP contribution in [-0.2, 0) is 11.2 Å². The number of nitrogens with zero attached hydrogens (tertiary/aromatic N) is 3. The molecule has 1 aromatic carbocycles. The number of amides is 1. The average molecular weight is 339 g/mol. The Morgan fingerprint density at radius 2 is 2.04 bits per heavy atom. The molecule has 1 fully saturated rings. The lowest BCUT2D eigenvalue weighted by molar-refractivity contribution is -0.131. The van der Waals surface area contributed by atoms with E-state index < -0.39 is 6.10 Å². The molecular formula is C19H18FN3O2. The van der Waals surface area contributed by atoms with Crippen LogP contribution in [0.2, 0.25) is 0 Å². The molecule has 2 aromatic heterocycles. The number of carbonyl (C=O) groups excluding carboxylic acids is 1. The number of hydrogen-bond donors (Lipinski definition) is 1. The molecule has 25 heavy (non-hydrogen) atoms. The molecule has 3 aromatic rings. The molecule has 2 atom stereocenters. The number of aliphatic hydroxyl groups excluding tert-OH is 1. The Morgan fingerprint density at radius 3 is 2.80 bits per heavy atom. The predicted molar refractivity (Wildman–Crippen MR) is 90.4 cm³/mol. The summed E-state index contributed by atoms with van der Waals surface area (Å²) in [6, 6.07) is 11.5. The number of carbonyl (C=O) groups is 1. The summed E-state index contributed by atoms with van der Waals surface area (Å²) in [5.74, 6) is -0.404. The Morgan fingerprint density at radius 1 is 1.24 bits per heavy atom. The lowest BCUT2D eigenvalue weighted by Crippen LogP contribution is -2.33. The second kappa shape index (κ2) is 6.29. The second-order valence-electron chi connectivity index (χ2n) is 6.38. The molecule has 0 spiro atoms. The van der Waals surface area contributed by atoms with E-state index in [1.807, 2.05) is 35.0 Å². The van der Waals surface area contributed by atoms with Gasteiger partial charge in [-0.3, -0.25) is 4.79 Å². The first-order valence-corrected chi connectivity index (χ1v) is 8.26. The van der Waals surface area contributed by atoms with Crippen LogP contribution in [0.4, 0.5) is 4.39 Å². The number of rotatable bonds is 3. The molecule has 1 aliphatic heterocycles. The molecule has 128 valence electrons. The highest BCUT2D eigenvalue weighted by Gasteiger charge is 2.35. The van der Waals surface area contributed by atoms with E-state index in [9.17, 15) is 14.3 Å².